The third kappa shape index (κ3) is 0.920. The Hall–Kier alpha value is -0.570. The SMILES string of the molecule is Clc1noc(C2CC2)n1. The van der Waals surface area contributed by atoms with Crippen LogP contribution < -0.4 is 0 Å². The van der Waals surface area contributed by atoms with Gasteiger partial charge in [0.1, 0.15) is 0 Å². The molecule has 3 nitrogen and oxygen atoms in total. The first-order valence-corrected chi connectivity index (χ1v) is 3.23. The van der Waals surface area contributed by atoms with Gasteiger partial charge in [0, 0.05) is 5.92 Å². The predicted octanol–water partition coefficient (Wildman–Crippen LogP) is 1.60. The van der Waals surface area contributed by atoms with E-state index in [1.165, 1.54) is 12.8 Å². The molecule has 0 aliphatic heterocycles. The smallest absolute Gasteiger partial charge is 0.263 e. The Morgan fingerprint density at radius 1 is 1.56 bits per heavy atom. The highest BCUT2D eigenvalue weighted by molar-refractivity contribution is 6.28. The first-order valence-electron chi connectivity index (χ1n) is 2.85. The summed E-state index contributed by atoms with van der Waals surface area (Å²) in [7, 11) is 0. The maximum Gasteiger partial charge on any atom is 0.263 e. The van der Waals surface area contributed by atoms with Gasteiger partial charge in [0.05, 0.1) is 0 Å². The van der Waals surface area contributed by atoms with E-state index in [0.29, 0.717) is 11.8 Å². The zero-order valence-electron chi connectivity index (χ0n) is 4.67. The van der Waals surface area contributed by atoms with Crippen LogP contribution in [0.5, 0.6) is 0 Å². The molecule has 0 unspecified atom stereocenters. The minimum absolute atomic E-state index is 0.219. The largest absolute Gasteiger partial charge is 0.338 e. The van der Waals surface area contributed by atoms with Crippen LogP contribution >= 0.6 is 11.6 Å². The van der Waals surface area contributed by atoms with Crippen LogP contribution in [0.15, 0.2) is 4.52 Å². The number of hydrogen-bond donors (Lipinski definition) is 0. The molecule has 0 bridgehead atoms. The van der Waals surface area contributed by atoms with Crippen LogP contribution in [-0.2, 0) is 0 Å². The van der Waals surface area contributed by atoms with Crippen LogP contribution in [0.2, 0.25) is 5.28 Å². The molecule has 1 fully saturated rings. The lowest BCUT2D eigenvalue weighted by Gasteiger charge is -1.77. The third-order valence-electron chi connectivity index (χ3n) is 1.34. The normalized spacial score (nSPS) is 18.3. The minimum Gasteiger partial charge on any atom is -0.338 e. The molecule has 0 N–H and O–H groups in total. The van der Waals surface area contributed by atoms with Crippen molar-refractivity contribution in [3.8, 4) is 0 Å². The number of nitrogens with zero attached hydrogens (tertiary/aromatic N) is 2. The van der Waals surface area contributed by atoms with Gasteiger partial charge in [-0.05, 0) is 29.6 Å². The highest BCUT2D eigenvalue weighted by Gasteiger charge is 2.29. The molecule has 1 heterocycles. The average molecular weight is 145 g/mol. The Bertz CT molecular complexity index is 218. The molecule has 9 heavy (non-hydrogen) atoms. The Morgan fingerprint density at radius 2 is 2.33 bits per heavy atom. The summed E-state index contributed by atoms with van der Waals surface area (Å²) in [4.78, 5) is 3.86. The predicted molar refractivity (Wildman–Crippen MR) is 31.3 cm³/mol. The molecular formula is C5H5ClN2O. The van der Waals surface area contributed by atoms with Crippen molar-refractivity contribution >= 4 is 11.6 Å². The van der Waals surface area contributed by atoms with E-state index in [4.69, 9.17) is 16.1 Å². The summed E-state index contributed by atoms with van der Waals surface area (Å²) in [5, 5.41) is 3.68. The van der Waals surface area contributed by atoms with Gasteiger partial charge in [0.2, 0.25) is 5.89 Å². The lowest BCUT2D eigenvalue weighted by atomic mass is 10.4. The van der Waals surface area contributed by atoms with E-state index in [1.54, 1.807) is 0 Å². The van der Waals surface area contributed by atoms with Gasteiger partial charge < -0.3 is 4.52 Å². The van der Waals surface area contributed by atoms with Crippen molar-refractivity contribution in [1.29, 1.82) is 0 Å². The molecule has 1 aromatic heterocycles. The summed E-state index contributed by atoms with van der Waals surface area (Å²) >= 11 is 5.42. The molecule has 0 spiro atoms. The first-order chi connectivity index (χ1) is 4.36. The molecule has 48 valence electrons. The Kier molecular flexibility index (Phi) is 0.990. The second-order valence-electron chi connectivity index (χ2n) is 2.18. The number of halogens is 1. The quantitative estimate of drug-likeness (QED) is 0.601. The highest BCUT2D eigenvalue weighted by atomic mass is 35.5. The van der Waals surface area contributed by atoms with Crippen LogP contribution in [0, 0.1) is 0 Å². The van der Waals surface area contributed by atoms with E-state index in [0.717, 1.165) is 0 Å². The van der Waals surface area contributed by atoms with Crippen molar-refractivity contribution in [2.24, 2.45) is 0 Å². The Balaban J connectivity index is 2.28. The molecule has 1 saturated carbocycles. The van der Waals surface area contributed by atoms with Crippen molar-refractivity contribution < 1.29 is 4.52 Å². The van der Waals surface area contributed by atoms with Gasteiger partial charge in [0.25, 0.3) is 5.28 Å². The monoisotopic (exact) mass is 144 g/mol. The van der Waals surface area contributed by atoms with E-state index in [2.05, 4.69) is 10.1 Å². The molecule has 1 aliphatic rings. The average Bonchev–Trinajstić information content (AvgIpc) is 2.58. The molecule has 0 radical (unpaired) electrons. The van der Waals surface area contributed by atoms with E-state index in [-0.39, 0.29) is 5.28 Å². The molecule has 1 aromatic rings. The van der Waals surface area contributed by atoms with Crippen LogP contribution in [0.25, 0.3) is 0 Å². The lowest BCUT2D eigenvalue weighted by Crippen LogP contribution is -1.74. The molecule has 4 heteroatoms. The van der Waals surface area contributed by atoms with E-state index in [9.17, 15) is 0 Å². The van der Waals surface area contributed by atoms with Gasteiger partial charge in [-0.15, -0.1) is 0 Å². The molecule has 1 aliphatic carbocycles. The van der Waals surface area contributed by atoms with Crippen molar-refractivity contribution in [3.63, 3.8) is 0 Å². The van der Waals surface area contributed by atoms with Crippen LogP contribution in [0.1, 0.15) is 24.7 Å². The highest BCUT2D eigenvalue weighted by Crippen LogP contribution is 2.39. The van der Waals surface area contributed by atoms with Crippen molar-refractivity contribution in [2.45, 2.75) is 18.8 Å². The number of rotatable bonds is 1. The zero-order chi connectivity index (χ0) is 6.27. The van der Waals surface area contributed by atoms with Gasteiger partial charge >= 0.3 is 0 Å². The molecule has 0 aromatic carbocycles. The molecule has 0 atom stereocenters. The maximum absolute atomic E-state index is 5.42. The molecular weight excluding hydrogens is 140 g/mol. The van der Waals surface area contributed by atoms with Crippen LogP contribution in [-0.4, -0.2) is 10.1 Å². The first kappa shape index (κ1) is 5.23. The summed E-state index contributed by atoms with van der Waals surface area (Å²) in [6, 6.07) is 0. The van der Waals surface area contributed by atoms with Crippen LogP contribution in [0.3, 0.4) is 0 Å². The van der Waals surface area contributed by atoms with Gasteiger partial charge in [-0.1, -0.05) is 0 Å². The maximum atomic E-state index is 5.42. The topological polar surface area (TPSA) is 38.9 Å². The lowest BCUT2D eigenvalue weighted by molar-refractivity contribution is 0.379. The fourth-order valence-corrected chi connectivity index (χ4v) is 0.830. The van der Waals surface area contributed by atoms with Gasteiger partial charge in [-0.3, -0.25) is 0 Å². The fourth-order valence-electron chi connectivity index (χ4n) is 0.712. The fraction of sp³-hybridized carbons (Fsp3) is 0.600. The zero-order valence-corrected chi connectivity index (χ0v) is 5.43. The second-order valence-corrected chi connectivity index (χ2v) is 2.51. The number of aromatic nitrogens is 2. The number of hydrogen-bond acceptors (Lipinski definition) is 3. The van der Waals surface area contributed by atoms with Gasteiger partial charge in [0.15, 0.2) is 0 Å². The summed E-state index contributed by atoms with van der Waals surface area (Å²) in [5.41, 5.74) is 0. The van der Waals surface area contributed by atoms with Crippen LogP contribution in [0.4, 0.5) is 0 Å². The summed E-state index contributed by atoms with van der Waals surface area (Å²) < 4.78 is 4.80. The Labute approximate surface area is 57.0 Å². The van der Waals surface area contributed by atoms with Crippen molar-refractivity contribution in [2.75, 3.05) is 0 Å². The van der Waals surface area contributed by atoms with Crippen molar-refractivity contribution in [3.05, 3.63) is 11.2 Å². The summed E-state index contributed by atoms with van der Waals surface area (Å²) in [5.74, 6) is 1.20. The second kappa shape index (κ2) is 1.70. The molecule has 0 saturated heterocycles. The summed E-state index contributed by atoms with van der Waals surface area (Å²) in [6.45, 7) is 0. The summed E-state index contributed by atoms with van der Waals surface area (Å²) in [6.07, 6.45) is 2.33. The van der Waals surface area contributed by atoms with Gasteiger partial charge in [-0.25, -0.2) is 0 Å². The van der Waals surface area contributed by atoms with E-state index in [1.807, 2.05) is 0 Å². The molecule has 0 amide bonds. The third-order valence-corrected chi connectivity index (χ3v) is 1.50. The van der Waals surface area contributed by atoms with Crippen molar-refractivity contribution in [1.82, 2.24) is 10.1 Å². The van der Waals surface area contributed by atoms with E-state index >= 15 is 0 Å². The van der Waals surface area contributed by atoms with E-state index < -0.39 is 0 Å². The minimum atomic E-state index is 0.219. The van der Waals surface area contributed by atoms with Gasteiger partial charge in [-0.2, -0.15) is 4.98 Å². The standard InChI is InChI=1S/C5H5ClN2O/c6-5-7-4(9-8-5)3-1-2-3/h3H,1-2H2. The Morgan fingerprint density at radius 3 is 2.78 bits per heavy atom. The molecule has 2 rings (SSSR count).